The smallest absolute Gasteiger partial charge is 0.0449 e. The topological polar surface area (TPSA) is 15.3 Å². The van der Waals surface area contributed by atoms with Gasteiger partial charge in [0.15, 0.2) is 0 Å². The third kappa shape index (κ3) is 5.75. The summed E-state index contributed by atoms with van der Waals surface area (Å²) in [7, 11) is 2.18. The molecule has 2 nitrogen and oxygen atoms in total. The van der Waals surface area contributed by atoms with E-state index >= 15 is 0 Å². The Bertz CT molecular complexity index is 343. The van der Waals surface area contributed by atoms with Crippen molar-refractivity contribution < 1.29 is 0 Å². The van der Waals surface area contributed by atoms with Gasteiger partial charge in [-0.2, -0.15) is 0 Å². The van der Waals surface area contributed by atoms with Crippen LogP contribution in [0.1, 0.15) is 44.9 Å². The van der Waals surface area contributed by atoms with Crippen LogP contribution in [0.2, 0.25) is 0 Å². The zero-order valence-corrected chi connectivity index (χ0v) is 13.2. The van der Waals surface area contributed by atoms with Crippen LogP contribution >= 0.6 is 0 Å². The molecule has 1 aromatic carbocycles. The number of benzene rings is 1. The third-order valence-corrected chi connectivity index (χ3v) is 3.51. The van der Waals surface area contributed by atoms with Gasteiger partial charge >= 0.3 is 0 Å². The van der Waals surface area contributed by atoms with Gasteiger partial charge in [-0.05, 0) is 43.6 Å². The van der Waals surface area contributed by atoms with Gasteiger partial charge < -0.3 is 10.2 Å². The molecule has 0 aliphatic carbocycles. The molecule has 1 unspecified atom stereocenters. The van der Waals surface area contributed by atoms with Crippen LogP contribution in [0.4, 0.5) is 0 Å². The molecule has 1 atom stereocenters. The van der Waals surface area contributed by atoms with Crippen molar-refractivity contribution in [2.75, 3.05) is 26.7 Å². The van der Waals surface area contributed by atoms with Gasteiger partial charge in [-0.3, -0.25) is 0 Å². The van der Waals surface area contributed by atoms with E-state index in [-0.39, 0.29) is 0 Å². The molecule has 1 N–H and O–H groups in total. The van der Waals surface area contributed by atoms with Crippen molar-refractivity contribution in [3.63, 3.8) is 0 Å². The SMILES string of the molecule is CCNC(CN(C)CC)c1ccc(CC(C)C)cc1. The van der Waals surface area contributed by atoms with Crippen LogP contribution in [0.15, 0.2) is 24.3 Å². The van der Waals surface area contributed by atoms with Crippen LogP contribution in [0.3, 0.4) is 0 Å². The van der Waals surface area contributed by atoms with Gasteiger partial charge in [-0.25, -0.2) is 0 Å². The summed E-state index contributed by atoms with van der Waals surface area (Å²) in [5.41, 5.74) is 2.84. The molecule has 0 radical (unpaired) electrons. The minimum atomic E-state index is 0.433. The Hall–Kier alpha value is -0.860. The van der Waals surface area contributed by atoms with Crippen molar-refractivity contribution in [2.45, 2.75) is 40.2 Å². The maximum atomic E-state index is 3.58. The lowest BCUT2D eigenvalue weighted by Gasteiger charge is -2.24. The van der Waals surface area contributed by atoms with E-state index in [0.717, 1.165) is 25.6 Å². The van der Waals surface area contributed by atoms with Crippen molar-refractivity contribution in [2.24, 2.45) is 5.92 Å². The second kappa shape index (κ2) is 8.34. The van der Waals surface area contributed by atoms with E-state index in [1.807, 2.05) is 0 Å². The standard InChI is InChI=1S/C17H30N2/c1-6-18-17(13-19(5)7-2)16-10-8-15(9-11-16)12-14(3)4/h8-11,14,17-18H,6-7,12-13H2,1-5H3. The Balaban J connectivity index is 2.73. The lowest BCUT2D eigenvalue weighted by molar-refractivity contribution is 0.305. The molecule has 0 aliphatic rings. The van der Waals surface area contributed by atoms with Crippen LogP contribution in [-0.2, 0) is 6.42 Å². The second-order valence-corrected chi connectivity index (χ2v) is 5.80. The fourth-order valence-electron chi connectivity index (χ4n) is 2.33. The molecule has 0 amide bonds. The van der Waals surface area contributed by atoms with E-state index in [1.165, 1.54) is 17.5 Å². The summed E-state index contributed by atoms with van der Waals surface area (Å²) in [6.07, 6.45) is 1.17. The first-order valence-electron chi connectivity index (χ1n) is 7.57. The van der Waals surface area contributed by atoms with Gasteiger partial charge in [0.1, 0.15) is 0 Å². The molecule has 108 valence electrons. The molecule has 0 aromatic heterocycles. The van der Waals surface area contributed by atoms with Gasteiger partial charge in [0.05, 0.1) is 0 Å². The van der Waals surface area contributed by atoms with Crippen LogP contribution in [0.5, 0.6) is 0 Å². The van der Waals surface area contributed by atoms with Crippen LogP contribution < -0.4 is 5.32 Å². The molecule has 0 spiro atoms. The first-order chi connectivity index (χ1) is 9.06. The molecular formula is C17H30N2. The quantitative estimate of drug-likeness (QED) is 0.771. The molecule has 19 heavy (non-hydrogen) atoms. The van der Waals surface area contributed by atoms with Gasteiger partial charge in [0.2, 0.25) is 0 Å². The highest BCUT2D eigenvalue weighted by atomic mass is 15.1. The number of hydrogen-bond acceptors (Lipinski definition) is 2. The van der Waals surface area contributed by atoms with E-state index in [2.05, 4.69) is 69.2 Å². The van der Waals surface area contributed by atoms with Crippen molar-refractivity contribution in [3.8, 4) is 0 Å². The number of nitrogens with zero attached hydrogens (tertiary/aromatic N) is 1. The Kier molecular flexibility index (Phi) is 7.11. The number of hydrogen-bond donors (Lipinski definition) is 1. The second-order valence-electron chi connectivity index (χ2n) is 5.80. The predicted octanol–water partition coefficient (Wildman–Crippen LogP) is 3.49. The normalized spacial score (nSPS) is 13.2. The summed E-state index contributed by atoms with van der Waals surface area (Å²) in [6.45, 7) is 12.1. The van der Waals surface area contributed by atoms with E-state index in [1.54, 1.807) is 0 Å². The summed E-state index contributed by atoms with van der Waals surface area (Å²) in [5, 5.41) is 3.58. The molecule has 0 aliphatic heterocycles. The molecular weight excluding hydrogens is 232 g/mol. The monoisotopic (exact) mass is 262 g/mol. The average molecular weight is 262 g/mol. The summed E-state index contributed by atoms with van der Waals surface area (Å²) in [5.74, 6) is 0.724. The fourth-order valence-corrected chi connectivity index (χ4v) is 2.33. The molecule has 0 heterocycles. The predicted molar refractivity (Wildman–Crippen MR) is 84.6 cm³/mol. The highest BCUT2D eigenvalue weighted by Crippen LogP contribution is 2.16. The molecule has 1 rings (SSSR count). The van der Waals surface area contributed by atoms with Crippen LogP contribution in [0, 0.1) is 5.92 Å². The Morgan fingerprint density at radius 1 is 1.11 bits per heavy atom. The molecule has 0 bridgehead atoms. The van der Waals surface area contributed by atoms with Gasteiger partial charge in [-0.1, -0.05) is 52.0 Å². The summed E-state index contributed by atoms with van der Waals surface area (Å²) < 4.78 is 0. The lowest BCUT2D eigenvalue weighted by Crippen LogP contribution is -2.32. The van der Waals surface area contributed by atoms with Gasteiger partial charge in [0.25, 0.3) is 0 Å². The minimum Gasteiger partial charge on any atom is -0.309 e. The van der Waals surface area contributed by atoms with E-state index in [9.17, 15) is 0 Å². The Labute approximate surface area is 119 Å². The number of nitrogens with one attached hydrogen (secondary N) is 1. The minimum absolute atomic E-state index is 0.433. The Morgan fingerprint density at radius 2 is 1.74 bits per heavy atom. The Morgan fingerprint density at radius 3 is 2.21 bits per heavy atom. The maximum Gasteiger partial charge on any atom is 0.0449 e. The van der Waals surface area contributed by atoms with Crippen molar-refractivity contribution >= 4 is 0 Å². The zero-order chi connectivity index (χ0) is 14.3. The fraction of sp³-hybridized carbons (Fsp3) is 0.647. The summed E-state index contributed by atoms with van der Waals surface area (Å²) >= 11 is 0. The van der Waals surface area contributed by atoms with E-state index in [4.69, 9.17) is 0 Å². The molecule has 0 saturated carbocycles. The van der Waals surface area contributed by atoms with E-state index in [0.29, 0.717) is 6.04 Å². The summed E-state index contributed by atoms with van der Waals surface area (Å²) in [4.78, 5) is 2.36. The zero-order valence-electron chi connectivity index (χ0n) is 13.2. The highest BCUT2D eigenvalue weighted by molar-refractivity contribution is 5.25. The van der Waals surface area contributed by atoms with Crippen molar-refractivity contribution in [1.29, 1.82) is 0 Å². The van der Waals surface area contributed by atoms with Gasteiger partial charge in [0, 0.05) is 12.6 Å². The maximum absolute atomic E-state index is 3.58. The molecule has 2 heteroatoms. The average Bonchev–Trinajstić information content (AvgIpc) is 2.38. The number of rotatable bonds is 8. The van der Waals surface area contributed by atoms with Gasteiger partial charge in [-0.15, -0.1) is 0 Å². The molecule has 0 fully saturated rings. The van der Waals surface area contributed by atoms with E-state index < -0.39 is 0 Å². The first kappa shape index (κ1) is 16.2. The van der Waals surface area contributed by atoms with Crippen LogP contribution in [-0.4, -0.2) is 31.6 Å². The summed E-state index contributed by atoms with van der Waals surface area (Å²) in [6, 6.07) is 9.57. The highest BCUT2D eigenvalue weighted by Gasteiger charge is 2.12. The molecule has 1 aromatic rings. The number of likely N-dealkylation sites (N-methyl/N-ethyl adjacent to an activating group) is 2. The largest absolute Gasteiger partial charge is 0.309 e. The third-order valence-electron chi connectivity index (χ3n) is 3.51. The molecule has 0 saturated heterocycles. The first-order valence-corrected chi connectivity index (χ1v) is 7.57. The van der Waals surface area contributed by atoms with Crippen molar-refractivity contribution in [1.82, 2.24) is 10.2 Å². The lowest BCUT2D eigenvalue weighted by atomic mass is 9.99. The van der Waals surface area contributed by atoms with Crippen LogP contribution in [0.25, 0.3) is 0 Å². The van der Waals surface area contributed by atoms with Crippen molar-refractivity contribution in [3.05, 3.63) is 35.4 Å².